The highest BCUT2D eigenvalue weighted by Crippen LogP contribution is 2.06. The third kappa shape index (κ3) is 4.26. The topological polar surface area (TPSA) is 29.1 Å². The van der Waals surface area contributed by atoms with Crippen LogP contribution in [-0.4, -0.2) is 18.9 Å². The van der Waals surface area contributed by atoms with Crippen LogP contribution in [0.1, 0.15) is 25.3 Å². The van der Waals surface area contributed by atoms with Gasteiger partial charge in [-0.3, -0.25) is 4.79 Å². The molecule has 0 aliphatic rings. The molecule has 0 radical (unpaired) electrons. The van der Waals surface area contributed by atoms with E-state index in [2.05, 4.69) is 29.6 Å². The van der Waals surface area contributed by atoms with Crippen molar-refractivity contribution in [2.24, 2.45) is 0 Å². The Morgan fingerprint density at radius 1 is 1.33 bits per heavy atom. The second-order valence-electron chi connectivity index (χ2n) is 3.83. The van der Waals surface area contributed by atoms with Crippen molar-refractivity contribution in [2.45, 2.75) is 32.2 Å². The van der Waals surface area contributed by atoms with Crippen molar-refractivity contribution in [1.82, 2.24) is 5.32 Å². The number of benzene rings is 1. The van der Waals surface area contributed by atoms with E-state index in [1.165, 1.54) is 5.56 Å². The maximum atomic E-state index is 11.2. The average molecular weight is 205 g/mol. The number of rotatable bonds is 6. The normalized spacial score (nSPS) is 12.4. The number of aryl methyl sites for hydroxylation is 1. The molecular weight excluding hydrogens is 186 g/mol. The fourth-order valence-electron chi connectivity index (χ4n) is 1.71. The second kappa shape index (κ2) is 6.36. The zero-order chi connectivity index (χ0) is 11.1. The predicted octanol–water partition coefficient (Wildman–Crippen LogP) is 2.19. The number of hydrogen-bond donors (Lipinski definition) is 1. The number of likely N-dealkylation sites (N-methyl/N-ethyl adjacent to an activating group) is 1. The lowest BCUT2D eigenvalue weighted by molar-refractivity contribution is -0.119. The van der Waals surface area contributed by atoms with Crippen LogP contribution in [0, 0.1) is 0 Å². The summed E-state index contributed by atoms with van der Waals surface area (Å²) < 4.78 is 0. The van der Waals surface area contributed by atoms with Crippen LogP contribution < -0.4 is 5.32 Å². The molecule has 0 aromatic heterocycles. The molecule has 0 bridgehead atoms. The molecule has 0 heterocycles. The lowest BCUT2D eigenvalue weighted by Gasteiger charge is -2.11. The first-order chi connectivity index (χ1) is 7.24. The molecule has 2 nitrogen and oxygen atoms in total. The molecule has 1 N–H and O–H groups in total. The minimum Gasteiger partial charge on any atom is -0.311 e. The van der Waals surface area contributed by atoms with E-state index in [-0.39, 0.29) is 11.8 Å². The molecule has 15 heavy (non-hydrogen) atoms. The summed E-state index contributed by atoms with van der Waals surface area (Å²) in [6.07, 6.45) is 3.02. The van der Waals surface area contributed by atoms with Crippen molar-refractivity contribution in [1.29, 1.82) is 0 Å². The van der Waals surface area contributed by atoms with Gasteiger partial charge in [-0.15, -0.1) is 0 Å². The molecule has 0 aliphatic heterocycles. The van der Waals surface area contributed by atoms with Crippen molar-refractivity contribution in [3.05, 3.63) is 35.9 Å². The molecule has 0 aliphatic carbocycles. The third-order valence-electron chi connectivity index (χ3n) is 2.64. The van der Waals surface area contributed by atoms with Crippen LogP contribution in [0.25, 0.3) is 0 Å². The summed E-state index contributed by atoms with van der Waals surface area (Å²) in [5.74, 6) is 0.227. The summed E-state index contributed by atoms with van der Waals surface area (Å²) in [4.78, 5) is 11.2. The highest BCUT2D eigenvalue weighted by atomic mass is 16.1. The number of hydrogen-bond acceptors (Lipinski definition) is 2. The van der Waals surface area contributed by atoms with E-state index in [0.717, 1.165) is 19.3 Å². The van der Waals surface area contributed by atoms with E-state index in [0.29, 0.717) is 0 Å². The standard InChI is InChI=1S/C13H19NO/c1-11(15)13(14-2)10-6-9-12-7-4-3-5-8-12/h3-5,7-8,13-14H,6,9-10H2,1-2H3. The van der Waals surface area contributed by atoms with E-state index in [9.17, 15) is 4.79 Å². The van der Waals surface area contributed by atoms with Crippen molar-refractivity contribution >= 4 is 5.78 Å². The molecular formula is C13H19NO. The summed E-state index contributed by atoms with van der Waals surface area (Å²) in [5.41, 5.74) is 1.34. The van der Waals surface area contributed by atoms with Crippen LogP contribution in [0.3, 0.4) is 0 Å². The van der Waals surface area contributed by atoms with Crippen LogP contribution in [0.5, 0.6) is 0 Å². The van der Waals surface area contributed by atoms with Crippen LogP contribution in [-0.2, 0) is 11.2 Å². The lowest BCUT2D eigenvalue weighted by Crippen LogP contribution is -2.32. The first kappa shape index (κ1) is 11.9. The number of Topliss-reactive ketones (excluding diaryl/α,β-unsaturated/α-hetero) is 1. The monoisotopic (exact) mass is 205 g/mol. The van der Waals surface area contributed by atoms with E-state index in [1.807, 2.05) is 13.1 Å². The lowest BCUT2D eigenvalue weighted by atomic mass is 10.0. The Hall–Kier alpha value is -1.15. The fourth-order valence-corrected chi connectivity index (χ4v) is 1.71. The third-order valence-corrected chi connectivity index (χ3v) is 2.64. The van der Waals surface area contributed by atoms with Gasteiger partial charge < -0.3 is 5.32 Å². The van der Waals surface area contributed by atoms with Gasteiger partial charge in [0.25, 0.3) is 0 Å². The van der Waals surface area contributed by atoms with Gasteiger partial charge in [-0.25, -0.2) is 0 Å². The molecule has 0 saturated heterocycles. The first-order valence-electron chi connectivity index (χ1n) is 5.45. The summed E-state index contributed by atoms with van der Waals surface area (Å²) >= 11 is 0. The largest absolute Gasteiger partial charge is 0.311 e. The van der Waals surface area contributed by atoms with Crippen molar-refractivity contribution in [3.8, 4) is 0 Å². The van der Waals surface area contributed by atoms with Gasteiger partial charge in [0.15, 0.2) is 0 Å². The molecule has 1 atom stereocenters. The van der Waals surface area contributed by atoms with E-state index in [1.54, 1.807) is 6.92 Å². The number of nitrogens with one attached hydrogen (secondary N) is 1. The Bertz CT molecular complexity index is 295. The fraction of sp³-hybridized carbons (Fsp3) is 0.462. The molecule has 0 saturated carbocycles. The average Bonchev–Trinajstić information content (AvgIpc) is 2.25. The van der Waals surface area contributed by atoms with E-state index in [4.69, 9.17) is 0 Å². The first-order valence-corrected chi connectivity index (χ1v) is 5.45. The number of ketones is 1. The number of carbonyl (C=O) groups is 1. The Morgan fingerprint density at radius 3 is 2.53 bits per heavy atom. The number of carbonyl (C=O) groups excluding carboxylic acids is 1. The Labute approximate surface area is 91.7 Å². The van der Waals surface area contributed by atoms with Gasteiger partial charge in [0.2, 0.25) is 0 Å². The summed E-state index contributed by atoms with van der Waals surface area (Å²) in [6, 6.07) is 10.4. The SMILES string of the molecule is CNC(CCCc1ccccc1)C(C)=O. The second-order valence-corrected chi connectivity index (χ2v) is 3.83. The zero-order valence-corrected chi connectivity index (χ0v) is 9.49. The molecule has 0 spiro atoms. The molecule has 1 rings (SSSR count). The minimum atomic E-state index is 0.0220. The smallest absolute Gasteiger partial charge is 0.146 e. The summed E-state index contributed by atoms with van der Waals surface area (Å²) in [6.45, 7) is 1.64. The van der Waals surface area contributed by atoms with Crippen molar-refractivity contribution < 1.29 is 4.79 Å². The highest BCUT2D eigenvalue weighted by Gasteiger charge is 2.10. The summed E-state index contributed by atoms with van der Waals surface area (Å²) in [5, 5.41) is 3.04. The van der Waals surface area contributed by atoms with Gasteiger partial charge in [0.1, 0.15) is 5.78 Å². The molecule has 1 aromatic rings. The van der Waals surface area contributed by atoms with Crippen LogP contribution in [0.4, 0.5) is 0 Å². The molecule has 0 fully saturated rings. The maximum absolute atomic E-state index is 11.2. The highest BCUT2D eigenvalue weighted by molar-refractivity contribution is 5.81. The van der Waals surface area contributed by atoms with Gasteiger partial charge in [-0.1, -0.05) is 30.3 Å². The van der Waals surface area contributed by atoms with E-state index >= 15 is 0 Å². The molecule has 1 aromatic carbocycles. The van der Waals surface area contributed by atoms with Crippen LogP contribution in [0.15, 0.2) is 30.3 Å². The van der Waals surface area contributed by atoms with Crippen molar-refractivity contribution in [2.75, 3.05) is 7.05 Å². The van der Waals surface area contributed by atoms with Gasteiger partial charge in [-0.05, 0) is 38.8 Å². The Morgan fingerprint density at radius 2 is 2.00 bits per heavy atom. The molecule has 2 heteroatoms. The zero-order valence-electron chi connectivity index (χ0n) is 9.49. The minimum absolute atomic E-state index is 0.0220. The molecule has 82 valence electrons. The van der Waals surface area contributed by atoms with Gasteiger partial charge in [-0.2, -0.15) is 0 Å². The Balaban J connectivity index is 2.30. The van der Waals surface area contributed by atoms with Gasteiger partial charge >= 0.3 is 0 Å². The van der Waals surface area contributed by atoms with E-state index < -0.39 is 0 Å². The predicted molar refractivity (Wildman–Crippen MR) is 62.9 cm³/mol. The molecule has 0 amide bonds. The Kier molecular flexibility index (Phi) is 5.05. The maximum Gasteiger partial charge on any atom is 0.146 e. The quantitative estimate of drug-likeness (QED) is 0.771. The van der Waals surface area contributed by atoms with Crippen molar-refractivity contribution in [3.63, 3.8) is 0 Å². The summed E-state index contributed by atoms with van der Waals surface area (Å²) in [7, 11) is 1.84. The van der Waals surface area contributed by atoms with Crippen LogP contribution >= 0.6 is 0 Å². The van der Waals surface area contributed by atoms with Gasteiger partial charge in [0, 0.05) is 0 Å². The molecule has 1 unspecified atom stereocenters. The van der Waals surface area contributed by atoms with Crippen LogP contribution in [0.2, 0.25) is 0 Å². The van der Waals surface area contributed by atoms with Gasteiger partial charge in [0.05, 0.1) is 6.04 Å².